The molecule has 1 amide bonds. The van der Waals surface area contributed by atoms with Gasteiger partial charge in [-0.25, -0.2) is 19.9 Å². The zero-order valence-electron chi connectivity index (χ0n) is 18.4. The molecule has 0 atom stereocenters. The Kier molecular flexibility index (Phi) is 4.81. The van der Waals surface area contributed by atoms with Gasteiger partial charge in [0, 0.05) is 54.5 Å². The standard InChI is InChI=1S/C24H24N6O3/c1-16-8-20(28-15-27-16)18-10-25-23(26-11-18)30-12-24(13-33-14-24)19-3-2-17(9-21(19)30)22(31)29-4-6-32-7-5-29/h2-3,8-11,15H,4-7,12-14H2,1H3. The summed E-state index contributed by atoms with van der Waals surface area (Å²) in [7, 11) is 0. The summed E-state index contributed by atoms with van der Waals surface area (Å²) in [5, 5.41) is 0. The number of aromatic nitrogens is 4. The van der Waals surface area contributed by atoms with Gasteiger partial charge in [0.2, 0.25) is 5.95 Å². The van der Waals surface area contributed by atoms with Crippen molar-refractivity contribution < 1.29 is 14.3 Å². The lowest BCUT2D eigenvalue weighted by molar-refractivity contribution is -0.0507. The fourth-order valence-electron chi connectivity index (χ4n) is 4.74. The van der Waals surface area contributed by atoms with Gasteiger partial charge in [-0.1, -0.05) is 6.07 Å². The first-order valence-electron chi connectivity index (χ1n) is 11.1. The quantitative estimate of drug-likeness (QED) is 0.607. The number of anilines is 2. The Hall–Kier alpha value is -3.43. The summed E-state index contributed by atoms with van der Waals surface area (Å²) < 4.78 is 11.0. The summed E-state index contributed by atoms with van der Waals surface area (Å²) in [5.74, 6) is 0.632. The van der Waals surface area contributed by atoms with Crippen LogP contribution in [0.4, 0.5) is 11.6 Å². The molecular weight excluding hydrogens is 420 g/mol. The second-order valence-corrected chi connectivity index (χ2v) is 8.81. The zero-order chi connectivity index (χ0) is 22.4. The molecule has 1 spiro atoms. The molecule has 0 radical (unpaired) electrons. The molecule has 9 nitrogen and oxygen atoms in total. The molecular formula is C24H24N6O3. The Labute approximate surface area is 191 Å². The van der Waals surface area contributed by atoms with Crippen LogP contribution >= 0.6 is 0 Å². The van der Waals surface area contributed by atoms with E-state index in [9.17, 15) is 4.79 Å². The predicted octanol–water partition coefficient (Wildman–Crippen LogP) is 2.13. The lowest BCUT2D eigenvalue weighted by atomic mass is 9.80. The summed E-state index contributed by atoms with van der Waals surface area (Å²) in [4.78, 5) is 34.8. The van der Waals surface area contributed by atoms with Crippen molar-refractivity contribution in [2.24, 2.45) is 0 Å². The molecule has 1 aromatic carbocycles. The first-order chi connectivity index (χ1) is 16.1. The van der Waals surface area contributed by atoms with Crippen LogP contribution in [0.15, 0.2) is 43.0 Å². The third kappa shape index (κ3) is 3.44. The smallest absolute Gasteiger partial charge is 0.254 e. The Bertz CT molecular complexity index is 1210. The number of rotatable bonds is 3. The predicted molar refractivity (Wildman–Crippen MR) is 120 cm³/mol. The Morgan fingerprint density at radius 2 is 1.79 bits per heavy atom. The third-order valence-electron chi connectivity index (χ3n) is 6.60. The van der Waals surface area contributed by atoms with Crippen molar-refractivity contribution in [2.45, 2.75) is 12.3 Å². The number of aryl methyl sites for hydroxylation is 1. The highest BCUT2D eigenvalue weighted by molar-refractivity contribution is 5.96. The minimum Gasteiger partial charge on any atom is -0.379 e. The summed E-state index contributed by atoms with van der Waals surface area (Å²) in [6.07, 6.45) is 5.12. The van der Waals surface area contributed by atoms with E-state index in [-0.39, 0.29) is 11.3 Å². The number of benzene rings is 1. The lowest BCUT2D eigenvalue weighted by Crippen LogP contribution is -2.49. The van der Waals surface area contributed by atoms with Crippen LogP contribution in [0.2, 0.25) is 0 Å². The number of fused-ring (bicyclic) bond motifs is 2. The summed E-state index contributed by atoms with van der Waals surface area (Å²) in [6.45, 7) is 6.36. The van der Waals surface area contributed by atoms with Crippen LogP contribution in [0.5, 0.6) is 0 Å². The number of carbonyl (C=O) groups is 1. The van der Waals surface area contributed by atoms with Gasteiger partial charge in [0.1, 0.15) is 6.33 Å². The highest BCUT2D eigenvalue weighted by atomic mass is 16.5. The summed E-state index contributed by atoms with van der Waals surface area (Å²) in [6, 6.07) is 7.89. The van der Waals surface area contributed by atoms with E-state index < -0.39 is 0 Å². The SMILES string of the molecule is Cc1cc(-c2cnc(N3CC4(COC4)c4ccc(C(=O)N5CCOCC5)cc43)nc2)ncn1. The summed E-state index contributed by atoms with van der Waals surface area (Å²) >= 11 is 0. The van der Waals surface area contributed by atoms with Crippen molar-refractivity contribution in [1.82, 2.24) is 24.8 Å². The first kappa shape index (κ1) is 20.2. The average Bonchev–Trinajstić information content (AvgIpc) is 3.20. The number of carbonyl (C=O) groups excluding carboxylic acids is 1. The van der Waals surface area contributed by atoms with Crippen molar-refractivity contribution in [3.05, 3.63) is 59.8 Å². The van der Waals surface area contributed by atoms with E-state index in [1.807, 2.05) is 30.0 Å². The van der Waals surface area contributed by atoms with E-state index in [4.69, 9.17) is 9.47 Å². The Morgan fingerprint density at radius 1 is 1.00 bits per heavy atom. The molecule has 2 fully saturated rings. The Balaban J connectivity index is 1.34. The van der Waals surface area contributed by atoms with Crippen molar-refractivity contribution in [3.63, 3.8) is 0 Å². The topological polar surface area (TPSA) is 93.6 Å². The number of ether oxygens (including phenoxy) is 2. The molecule has 0 aliphatic carbocycles. The number of hydrogen-bond acceptors (Lipinski definition) is 8. The van der Waals surface area contributed by atoms with Gasteiger partial charge in [-0.15, -0.1) is 0 Å². The molecule has 2 saturated heterocycles. The van der Waals surface area contributed by atoms with E-state index in [1.165, 1.54) is 5.56 Å². The van der Waals surface area contributed by atoms with Crippen LogP contribution < -0.4 is 4.90 Å². The fraction of sp³-hybridized carbons (Fsp3) is 0.375. The summed E-state index contributed by atoms with van der Waals surface area (Å²) in [5.41, 5.74) is 5.27. The van der Waals surface area contributed by atoms with Gasteiger partial charge in [0.25, 0.3) is 5.91 Å². The maximum Gasteiger partial charge on any atom is 0.254 e. The number of morpholine rings is 1. The molecule has 0 bridgehead atoms. The highest BCUT2D eigenvalue weighted by Gasteiger charge is 2.49. The van der Waals surface area contributed by atoms with Gasteiger partial charge < -0.3 is 19.3 Å². The van der Waals surface area contributed by atoms with Crippen LogP contribution in [0.1, 0.15) is 21.6 Å². The van der Waals surface area contributed by atoms with Crippen molar-refractivity contribution in [2.75, 3.05) is 51.0 Å². The van der Waals surface area contributed by atoms with Gasteiger partial charge in [0.05, 0.1) is 37.5 Å². The molecule has 3 aromatic rings. The largest absolute Gasteiger partial charge is 0.379 e. The van der Waals surface area contributed by atoms with Crippen LogP contribution in [0.3, 0.4) is 0 Å². The molecule has 6 rings (SSSR count). The van der Waals surface area contributed by atoms with E-state index in [0.717, 1.165) is 29.2 Å². The number of nitrogens with zero attached hydrogens (tertiary/aromatic N) is 6. The van der Waals surface area contributed by atoms with E-state index >= 15 is 0 Å². The monoisotopic (exact) mass is 444 g/mol. The molecule has 0 unspecified atom stereocenters. The highest BCUT2D eigenvalue weighted by Crippen LogP contribution is 2.47. The second kappa shape index (κ2) is 7.86. The lowest BCUT2D eigenvalue weighted by Gasteiger charge is -2.38. The average molecular weight is 444 g/mol. The Morgan fingerprint density at radius 3 is 2.48 bits per heavy atom. The van der Waals surface area contributed by atoms with Crippen LogP contribution in [-0.4, -0.2) is 76.8 Å². The molecule has 3 aliphatic heterocycles. The zero-order valence-corrected chi connectivity index (χ0v) is 18.4. The minimum atomic E-state index is -0.0817. The van der Waals surface area contributed by atoms with E-state index in [1.54, 1.807) is 18.7 Å². The van der Waals surface area contributed by atoms with Gasteiger partial charge in [0.15, 0.2) is 0 Å². The van der Waals surface area contributed by atoms with Gasteiger partial charge in [-0.2, -0.15) is 0 Å². The van der Waals surface area contributed by atoms with Gasteiger partial charge in [-0.3, -0.25) is 4.79 Å². The van der Waals surface area contributed by atoms with Gasteiger partial charge >= 0.3 is 0 Å². The number of hydrogen-bond donors (Lipinski definition) is 0. The minimum absolute atomic E-state index is 0.0299. The maximum atomic E-state index is 13.1. The fourth-order valence-corrected chi connectivity index (χ4v) is 4.74. The van der Waals surface area contributed by atoms with Crippen molar-refractivity contribution >= 4 is 17.5 Å². The van der Waals surface area contributed by atoms with Crippen LogP contribution in [0.25, 0.3) is 11.3 Å². The molecule has 168 valence electrons. The third-order valence-corrected chi connectivity index (χ3v) is 6.60. The molecule has 33 heavy (non-hydrogen) atoms. The normalized spacial score (nSPS) is 18.8. The molecule has 2 aromatic heterocycles. The molecule has 3 aliphatic rings. The molecule has 0 saturated carbocycles. The maximum absolute atomic E-state index is 13.1. The second-order valence-electron chi connectivity index (χ2n) is 8.81. The van der Waals surface area contributed by atoms with Crippen molar-refractivity contribution in [1.29, 1.82) is 0 Å². The number of amides is 1. The molecule has 0 N–H and O–H groups in total. The van der Waals surface area contributed by atoms with Gasteiger partial charge in [-0.05, 0) is 30.7 Å². The van der Waals surface area contributed by atoms with Crippen LogP contribution in [0, 0.1) is 6.92 Å². The van der Waals surface area contributed by atoms with Crippen LogP contribution in [-0.2, 0) is 14.9 Å². The van der Waals surface area contributed by atoms with E-state index in [0.29, 0.717) is 51.0 Å². The van der Waals surface area contributed by atoms with Crippen molar-refractivity contribution in [3.8, 4) is 11.3 Å². The molecule has 5 heterocycles. The van der Waals surface area contributed by atoms with E-state index in [2.05, 4.69) is 30.9 Å². The first-order valence-corrected chi connectivity index (χ1v) is 11.1. The molecule has 9 heteroatoms.